The Morgan fingerprint density at radius 3 is 2.19 bits per heavy atom. The summed E-state index contributed by atoms with van der Waals surface area (Å²) in [6.45, 7) is -0.588. The zero-order valence-corrected chi connectivity index (χ0v) is 12.6. The minimum absolute atomic E-state index is 0.0937. The normalized spacial score (nSPS) is 10.5. The highest BCUT2D eigenvalue weighted by molar-refractivity contribution is 6.43. The molecule has 2 aromatic rings. The van der Waals surface area contributed by atoms with Crippen molar-refractivity contribution >= 4 is 40.6 Å². The molecule has 0 aromatic heterocycles. The van der Waals surface area contributed by atoms with E-state index in [0.717, 1.165) is 18.2 Å². The van der Waals surface area contributed by atoms with E-state index in [1.165, 1.54) is 12.1 Å². The van der Waals surface area contributed by atoms with Crippen molar-refractivity contribution < 1.29 is 18.3 Å². The molecule has 0 amide bonds. The van der Waals surface area contributed by atoms with Gasteiger partial charge in [0.25, 0.3) is 0 Å². The highest BCUT2D eigenvalue weighted by Gasteiger charge is 2.18. The van der Waals surface area contributed by atoms with Crippen molar-refractivity contribution in [3.63, 3.8) is 0 Å². The van der Waals surface area contributed by atoms with Crippen LogP contribution in [0.1, 0.15) is 10.4 Å². The summed E-state index contributed by atoms with van der Waals surface area (Å²) in [7, 11) is 0. The van der Waals surface area contributed by atoms with E-state index in [4.69, 9.17) is 39.5 Å². The predicted octanol–water partition coefficient (Wildman–Crippen LogP) is 5.19. The zero-order valence-electron chi connectivity index (χ0n) is 10.3. The molecule has 2 aromatic carbocycles. The fourth-order valence-corrected chi connectivity index (χ4v) is 2.19. The van der Waals surface area contributed by atoms with Crippen molar-refractivity contribution in [2.24, 2.45) is 0 Å². The maximum absolute atomic E-state index is 13.4. The summed E-state index contributed by atoms with van der Waals surface area (Å²) < 4.78 is 32.0. The van der Waals surface area contributed by atoms with Crippen LogP contribution in [0.2, 0.25) is 15.1 Å². The quantitative estimate of drug-likeness (QED) is 0.560. The lowest BCUT2D eigenvalue weighted by atomic mass is 10.1. The molecule has 0 aliphatic rings. The van der Waals surface area contributed by atoms with Crippen LogP contribution in [0, 0.1) is 11.6 Å². The van der Waals surface area contributed by atoms with Crippen LogP contribution in [0.4, 0.5) is 8.78 Å². The number of benzene rings is 2. The Bertz CT molecular complexity index is 685. The van der Waals surface area contributed by atoms with E-state index in [1.54, 1.807) is 0 Å². The van der Waals surface area contributed by atoms with Crippen LogP contribution in [-0.4, -0.2) is 12.4 Å². The molecule has 2 nitrogen and oxygen atoms in total. The molecule has 0 heterocycles. The molecule has 0 aliphatic heterocycles. The zero-order chi connectivity index (χ0) is 15.6. The van der Waals surface area contributed by atoms with Gasteiger partial charge >= 0.3 is 0 Å². The molecule has 0 saturated heterocycles. The summed E-state index contributed by atoms with van der Waals surface area (Å²) in [6.07, 6.45) is 0. The lowest BCUT2D eigenvalue weighted by Gasteiger charge is -2.09. The first-order valence-corrected chi connectivity index (χ1v) is 6.78. The third-order valence-electron chi connectivity index (χ3n) is 2.58. The summed E-state index contributed by atoms with van der Waals surface area (Å²) in [5, 5.41) is 0.535. The van der Waals surface area contributed by atoms with Crippen LogP contribution in [-0.2, 0) is 0 Å². The van der Waals surface area contributed by atoms with Crippen molar-refractivity contribution in [3.8, 4) is 5.75 Å². The van der Waals surface area contributed by atoms with Crippen molar-refractivity contribution in [3.05, 3.63) is 62.6 Å². The molecule has 0 saturated carbocycles. The first-order valence-electron chi connectivity index (χ1n) is 5.64. The molecule has 21 heavy (non-hydrogen) atoms. The minimum Gasteiger partial charge on any atom is -0.484 e. The van der Waals surface area contributed by atoms with Gasteiger partial charge in [-0.15, -0.1) is 0 Å². The first-order chi connectivity index (χ1) is 9.90. The van der Waals surface area contributed by atoms with E-state index in [9.17, 15) is 13.6 Å². The van der Waals surface area contributed by atoms with Crippen LogP contribution in [0.5, 0.6) is 5.75 Å². The van der Waals surface area contributed by atoms with Gasteiger partial charge in [-0.1, -0.05) is 40.9 Å². The maximum atomic E-state index is 13.4. The molecule has 0 bridgehead atoms. The number of hydrogen-bond acceptors (Lipinski definition) is 2. The molecule has 0 atom stereocenters. The molecule has 110 valence electrons. The monoisotopic (exact) mass is 350 g/mol. The summed E-state index contributed by atoms with van der Waals surface area (Å²) in [6, 6.07) is 5.80. The van der Waals surface area contributed by atoms with Gasteiger partial charge in [0.15, 0.2) is 6.61 Å². The Kier molecular flexibility index (Phi) is 5.04. The Morgan fingerprint density at radius 2 is 1.57 bits per heavy atom. The largest absolute Gasteiger partial charge is 0.484 e. The Labute approximate surface area is 134 Å². The van der Waals surface area contributed by atoms with Crippen LogP contribution in [0.3, 0.4) is 0 Å². The maximum Gasteiger partial charge on any atom is 0.206 e. The highest BCUT2D eigenvalue weighted by Crippen LogP contribution is 2.33. The number of hydrogen-bond donors (Lipinski definition) is 0. The molecule has 0 N–H and O–H groups in total. The summed E-state index contributed by atoms with van der Waals surface area (Å²) >= 11 is 17.4. The Hall–Kier alpha value is -1.36. The lowest BCUT2D eigenvalue weighted by molar-refractivity contribution is 0.0913. The number of ketones is 1. The van der Waals surface area contributed by atoms with Gasteiger partial charge in [-0.25, -0.2) is 8.78 Å². The van der Waals surface area contributed by atoms with Crippen LogP contribution < -0.4 is 4.74 Å². The number of ether oxygens (including phenoxy) is 1. The van der Waals surface area contributed by atoms with Crippen molar-refractivity contribution in [1.82, 2.24) is 0 Å². The first kappa shape index (κ1) is 16.0. The molecule has 0 spiro atoms. The molecular weight excluding hydrogens is 345 g/mol. The summed E-state index contributed by atoms with van der Waals surface area (Å²) in [4.78, 5) is 11.8. The van der Waals surface area contributed by atoms with E-state index in [2.05, 4.69) is 0 Å². The smallest absolute Gasteiger partial charge is 0.206 e. The van der Waals surface area contributed by atoms with Crippen molar-refractivity contribution in [2.75, 3.05) is 6.61 Å². The SMILES string of the molecule is O=C(COc1cc(Cl)c(Cl)cc1Cl)c1c(F)cccc1F. The van der Waals surface area contributed by atoms with Crippen molar-refractivity contribution in [1.29, 1.82) is 0 Å². The number of carbonyl (C=O) groups excluding carboxylic acids is 1. The Balaban J connectivity index is 2.17. The Morgan fingerprint density at radius 1 is 1.00 bits per heavy atom. The predicted molar refractivity (Wildman–Crippen MR) is 77.7 cm³/mol. The van der Waals surface area contributed by atoms with Gasteiger partial charge < -0.3 is 4.74 Å². The second kappa shape index (κ2) is 6.60. The molecule has 0 radical (unpaired) electrons. The fourth-order valence-electron chi connectivity index (χ4n) is 1.59. The lowest BCUT2D eigenvalue weighted by Crippen LogP contribution is -2.15. The van der Waals surface area contributed by atoms with Gasteiger partial charge in [0.1, 0.15) is 17.4 Å². The van der Waals surface area contributed by atoms with Gasteiger partial charge in [0, 0.05) is 6.07 Å². The minimum atomic E-state index is -0.955. The highest BCUT2D eigenvalue weighted by atomic mass is 35.5. The third kappa shape index (κ3) is 3.64. The van der Waals surface area contributed by atoms with Gasteiger partial charge in [-0.2, -0.15) is 0 Å². The van der Waals surface area contributed by atoms with E-state index >= 15 is 0 Å². The van der Waals surface area contributed by atoms with Gasteiger partial charge in [0.2, 0.25) is 5.78 Å². The summed E-state index contributed by atoms with van der Waals surface area (Å²) in [5.74, 6) is -2.67. The standard InChI is InChI=1S/C14H7Cl3F2O2/c15-7-4-9(17)13(5-8(7)16)21-6-12(20)14-10(18)2-1-3-11(14)19/h1-5H,6H2. The van der Waals surface area contributed by atoms with E-state index < -0.39 is 29.6 Å². The summed E-state index contributed by atoms with van der Waals surface area (Å²) in [5.41, 5.74) is -0.659. The van der Waals surface area contributed by atoms with Gasteiger partial charge in [-0.05, 0) is 18.2 Å². The van der Waals surface area contributed by atoms with E-state index in [1.807, 2.05) is 0 Å². The number of rotatable bonds is 4. The molecule has 0 unspecified atom stereocenters. The van der Waals surface area contributed by atoms with E-state index in [-0.39, 0.29) is 20.8 Å². The number of halogens is 5. The molecule has 2 rings (SSSR count). The van der Waals surface area contributed by atoms with E-state index in [0.29, 0.717) is 0 Å². The average molecular weight is 352 g/mol. The van der Waals surface area contributed by atoms with Crippen LogP contribution >= 0.6 is 34.8 Å². The fraction of sp³-hybridized carbons (Fsp3) is 0.0714. The van der Waals surface area contributed by atoms with Gasteiger partial charge in [-0.3, -0.25) is 4.79 Å². The number of carbonyl (C=O) groups is 1. The van der Waals surface area contributed by atoms with Crippen LogP contribution in [0.15, 0.2) is 30.3 Å². The second-order valence-corrected chi connectivity index (χ2v) is 5.23. The average Bonchev–Trinajstić information content (AvgIpc) is 2.41. The molecule has 0 fully saturated rings. The van der Waals surface area contributed by atoms with Crippen LogP contribution in [0.25, 0.3) is 0 Å². The number of Topliss-reactive ketones (excluding diaryl/α,β-unsaturated/α-hetero) is 1. The molecule has 0 aliphatic carbocycles. The molecule has 7 heteroatoms. The van der Waals surface area contributed by atoms with Gasteiger partial charge in [0.05, 0.1) is 20.6 Å². The third-order valence-corrected chi connectivity index (χ3v) is 3.59. The van der Waals surface area contributed by atoms with Crippen molar-refractivity contribution in [2.45, 2.75) is 0 Å². The topological polar surface area (TPSA) is 26.3 Å². The molecular formula is C14H7Cl3F2O2. The second-order valence-electron chi connectivity index (χ2n) is 4.01.